The van der Waals surface area contributed by atoms with Gasteiger partial charge in [-0.15, -0.1) is 0 Å². The fourth-order valence-electron chi connectivity index (χ4n) is 2.10. The fraction of sp³-hybridized carbons (Fsp3) is 0.533. The number of hydrogen-bond acceptors (Lipinski definition) is 3. The van der Waals surface area contributed by atoms with Crippen LogP contribution in [0.15, 0.2) is 29.2 Å². The molecule has 2 N–H and O–H groups in total. The van der Waals surface area contributed by atoms with E-state index in [1.165, 1.54) is 0 Å². The molecule has 0 radical (unpaired) electrons. The number of aliphatic carboxylic acids is 1. The van der Waals surface area contributed by atoms with E-state index in [1.807, 2.05) is 20.8 Å². The van der Waals surface area contributed by atoms with E-state index in [4.69, 9.17) is 5.11 Å². The maximum Gasteiger partial charge on any atom is 0.303 e. The molecule has 21 heavy (non-hydrogen) atoms. The van der Waals surface area contributed by atoms with Gasteiger partial charge in [0.1, 0.15) is 0 Å². The molecule has 0 heterocycles. The Hall–Kier alpha value is -1.40. The van der Waals surface area contributed by atoms with Crippen LogP contribution in [0.4, 0.5) is 0 Å². The lowest BCUT2D eigenvalue weighted by Crippen LogP contribution is -2.36. The summed E-state index contributed by atoms with van der Waals surface area (Å²) in [5.74, 6) is -0.636. The van der Waals surface area contributed by atoms with Crippen molar-refractivity contribution in [2.45, 2.75) is 51.0 Å². The predicted octanol–water partition coefficient (Wildman–Crippen LogP) is 2.55. The minimum atomic E-state index is -3.61. The number of carboxylic acid groups (broad SMARTS) is 1. The molecule has 0 bridgehead atoms. The molecule has 0 aliphatic heterocycles. The summed E-state index contributed by atoms with van der Waals surface area (Å²) in [5, 5.41) is 8.77. The van der Waals surface area contributed by atoms with Crippen LogP contribution in [-0.2, 0) is 14.8 Å². The summed E-state index contributed by atoms with van der Waals surface area (Å²) in [6.45, 7) is 5.85. The molecule has 0 aliphatic carbocycles. The Balaban J connectivity index is 2.84. The number of nitrogens with one attached hydrogen (secondary N) is 1. The first-order chi connectivity index (χ1) is 9.70. The highest BCUT2D eigenvalue weighted by molar-refractivity contribution is 7.89. The lowest BCUT2D eigenvalue weighted by atomic mass is 10.0. The number of aryl methyl sites for hydroxylation is 1. The van der Waals surface area contributed by atoms with Gasteiger partial charge in [-0.1, -0.05) is 31.5 Å². The third kappa shape index (κ3) is 6.27. The molecular formula is C15H23NO4S. The molecule has 0 saturated carbocycles. The van der Waals surface area contributed by atoms with Gasteiger partial charge in [0.25, 0.3) is 0 Å². The van der Waals surface area contributed by atoms with Crippen molar-refractivity contribution >= 4 is 16.0 Å². The number of carboxylic acids is 1. The number of carbonyl (C=O) groups is 1. The zero-order valence-corrected chi connectivity index (χ0v) is 13.5. The van der Waals surface area contributed by atoms with E-state index in [9.17, 15) is 13.2 Å². The first-order valence-electron chi connectivity index (χ1n) is 7.01. The van der Waals surface area contributed by atoms with Crippen LogP contribution < -0.4 is 4.72 Å². The molecule has 1 rings (SSSR count). The Morgan fingerprint density at radius 2 is 1.81 bits per heavy atom. The molecule has 0 aliphatic rings. The molecule has 1 aromatic carbocycles. The lowest BCUT2D eigenvalue weighted by molar-refractivity contribution is -0.137. The highest BCUT2D eigenvalue weighted by atomic mass is 32.2. The van der Waals surface area contributed by atoms with Gasteiger partial charge in [-0.05, 0) is 37.8 Å². The molecule has 0 spiro atoms. The van der Waals surface area contributed by atoms with E-state index in [1.54, 1.807) is 24.3 Å². The van der Waals surface area contributed by atoms with Crippen LogP contribution in [0, 0.1) is 12.8 Å². The Labute approximate surface area is 126 Å². The van der Waals surface area contributed by atoms with Crippen LogP contribution in [0.1, 0.15) is 38.7 Å². The van der Waals surface area contributed by atoms with E-state index in [2.05, 4.69) is 4.72 Å². The molecule has 5 nitrogen and oxygen atoms in total. The first-order valence-corrected chi connectivity index (χ1v) is 8.50. The second-order valence-corrected chi connectivity index (χ2v) is 7.41. The molecule has 118 valence electrons. The van der Waals surface area contributed by atoms with Crippen LogP contribution >= 0.6 is 0 Å². The van der Waals surface area contributed by atoms with Gasteiger partial charge in [0.15, 0.2) is 0 Å². The van der Waals surface area contributed by atoms with Gasteiger partial charge in [-0.25, -0.2) is 13.1 Å². The molecule has 1 atom stereocenters. The second-order valence-electron chi connectivity index (χ2n) is 5.69. The van der Waals surface area contributed by atoms with Gasteiger partial charge in [0.2, 0.25) is 10.0 Å². The normalized spacial score (nSPS) is 13.3. The molecular weight excluding hydrogens is 290 g/mol. The van der Waals surface area contributed by atoms with Crippen molar-refractivity contribution in [2.24, 2.45) is 5.92 Å². The van der Waals surface area contributed by atoms with Crippen molar-refractivity contribution in [2.75, 3.05) is 0 Å². The summed E-state index contributed by atoms with van der Waals surface area (Å²) in [7, 11) is -3.61. The minimum Gasteiger partial charge on any atom is -0.481 e. The van der Waals surface area contributed by atoms with Crippen LogP contribution in [0.25, 0.3) is 0 Å². The quantitative estimate of drug-likeness (QED) is 0.772. The van der Waals surface area contributed by atoms with E-state index in [0.717, 1.165) is 5.56 Å². The lowest BCUT2D eigenvalue weighted by Gasteiger charge is -2.20. The Bertz CT molecular complexity index is 564. The topological polar surface area (TPSA) is 83.5 Å². The number of hydrogen-bond donors (Lipinski definition) is 2. The average Bonchev–Trinajstić information content (AvgIpc) is 2.35. The van der Waals surface area contributed by atoms with E-state index >= 15 is 0 Å². The highest BCUT2D eigenvalue weighted by Crippen LogP contribution is 2.15. The van der Waals surface area contributed by atoms with Gasteiger partial charge < -0.3 is 5.11 Å². The summed E-state index contributed by atoms with van der Waals surface area (Å²) in [5.41, 5.74) is 0.985. The van der Waals surface area contributed by atoms with Gasteiger partial charge in [-0.2, -0.15) is 0 Å². The third-order valence-corrected chi connectivity index (χ3v) is 4.65. The molecule has 0 saturated heterocycles. The maximum atomic E-state index is 12.3. The van der Waals surface area contributed by atoms with Crippen molar-refractivity contribution in [3.63, 3.8) is 0 Å². The van der Waals surface area contributed by atoms with Crippen molar-refractivity contribution in [1.82, 2.24) is 4.72 Å². The fourth-order valence-corrected chi connectivity index (χ4v) is 3.38. The van der Waals surface area contributed by atoms with Gasteiger partial charge in [0, 0.05) is 12.5 Å². The van der Waals surface area contributed by atoms with Gasteiger partial charge in [0.05, 0.1) is 4.90 Å². The minimum absolute atomic E-state index is 0.0478. The largest absolute Gasteiger partial charge is 0.481 e. The molecule has 0 aromatic heterocycles. The van der Waals surface area contributed by atoms with E-state index in [0.29, 0.717) is 12.8 Å². The molecule has 0 unspecified atom stereocenters. The molecule has 0 amide bonds. The summed E-state index contributed by atoms with van der Waals surface area (Å²) < 4.78 is 27.3. The van der Waals surface area contributed by atoms with Crippen LogP contribution in [-0.4, -0.2) is 25.5 Å². The van der Waals surface area contributed by atoms with Crippen molar-refractivity contribution in [3.8, 4) is 0 Å². The zero-order valence-electron chi connectivity index (χ0n) is 12.7. The molecule has 0 fully saturated rings. The highest BCUT2D eigenvalue weighted by Gasteiger charge is 2.21. The monoisotopic (exact) mass is 313 g/mol. The van der Waals surface area contributed by atoms with Crippen LogP contribution in [0.5, 0.6) is 0 Å². The Morgan fingerprint density at radius 1 is 1.24 bits per heavy atom. The van der Waals surface area contributed by atoms with Crippen LogP contribution in [0.2, 0.25) is 0 Å². The Morgan fingerprint density at radius 3 is 2.29 bits per heavy atom. The number of sulfonamides is 1. The van der Waals surface area contributed by atoms with Crippen molar-refractivity contribution < 1.29 is 18.3 Å². The predicted molar refractivity (Wildman–Crippen MR) is 81.6 cm³/mol. The van der Waals surface area contributed by atoms with Crippen LogP contribution in [0.3, 0.4) is 0 Å². The van der Waals surface area contributed by atoms with E-state index in [-0.39, 0.29) is 23.3 Å². The molecule has 6 heteroatoms. The van der Waals surface area contributed by atoms with Crippen molar-refractivity contribution in [1.29, 1.82) is 0 Å². The second kappa shape index (κ2) is 7.56. The summed E-state index contributed by atoms with van der Waals surface area (Å²) >= 11 is 0. The number of rotatable bonds is 8. The van der Waals surface area contributed by atoms with Gasteiger partial charge >= 0.3 is 5.97 Å². The van der Waals surface area contributed by atoms with Gasteiger partial charge in [-0.3, -0.25) is 4.79 Å². The zero-order chi connectivity index (χ0) is 16.0. The maximum absolute atomic E-state index is 12.3. The van der Waals surface area contributed by atoms with E-state index < -0.39 is 16.0 Å². The average molecular weight is 313 g/mol. The summed E-state index contributed by atoms with van der Waals surface area (Å²) in [6.07, 6.45) is 0.852. The summed E-state index contributed by atoms with van der Waals surface area (Å²) in [4.78, 5) is 10.9. The standard InChI is InChI=1S/C15H23NO4S/c1-11(2)10-13(6-9-15(17)18)16-21(19,20)14-7-4-12(3)5-8-14/h4-5,7-8,11,13,16H,6,9-10H2,1-3H3,(H,17,18)/t13-/m1/s1. The summed E-state index contributed by atoms with van der Waals surface area (Å²) in [6, 6.07) is 6.22. The third-order valence-electron chi connectivity index (χ3n) is 3.12. The van der Waals surface area contributed by atoms with Crippen molar-refractivity contribution in [3.05, 3.63) is 29.8 Å². The first kappa shape index (κ1) is 17.7. The number of benzene rings is 1. The Kier molecular flexibility index (Phi) is 6.36. The molecule has 1 aromatic rings. The smallest absolute Gasteiger partial charge is 0.303 e. The SMILES string of the molecule is Cc1ccc(S(=O)(=O)N[C@H](CCC(=O)O)CC(C)C)cc1.